The van der Waals surface area contributed by atoms with Gasteiger partial charge in [-0.15, -0.1) is 0 Å². The molecule has 0 aromatic rings. The van der Waals surface area contributed by atoms with E-state index in [0.717, 1.165) is 12.0 Å². The van der Waals surface area contributed by atoms with Gasteiger partial charge in [0.05, 0.1) is 0 Å². The van der Waals surface area contributed by atoms with Crippen LogP contribution in [0, 0.1) is 5.92 Å². The summed E-state index contributed by atoms with van der Waals surface area (Å²) in [6, 6.07) is 1.57. The van der Waals surface area contributed by atoms with Crippen LogP contribution in [0.1, 0.15) is 79.1 Å². The quantitative estimate of drug-likeness (QED) is 0.602. The van der Waals surface area contributed by atoms with Crippen LogP contribution in [-0.2, 0) is 0 Å². The molecule has 1 aliphatic carbocycles. The lowest BCUT2D eigenvalue weighted by Gasteiger charge is -2.33. The van der Waals surface area contributed by atoms with Crippen molar-refractivity contribution in [1.82, 2.24) is 10.2 Å². The highest BCUT2D eigenvalue weighted by Crippen LogP contribution is 2.24. The minimum absolute atomic E-state index is 0.702. The number of nitrogens with one attached hydrogen (secondary N) is 1. The zero-order chi connectivity index (χ0) is 14.8. The molecule has 0 heterocycles. The first-order valence-corrected chi connectivity index (χ1v) is 9.14. The molecule has 20 heavy (non-hydrogen) atoms. The van der Waals surface area contributed by atoms with E-state index in [-0.39, 0.29) is 0 Å². The van der Waals surface area contributed by atoms with Gasteiger partial charge in [-0.05, 0) is 51.1 Å². The van der Waals surface area contributed by atoms with E-state index in [1.165, 1.54) is 71.0 Å². The first-order chi connectivity index (χ1) is 9.67. The van der Waals surface area contributed by atoms with Crippen molar-refractivity contribution in [2.45, 2.75) is 91.1 Å². The number of rotatable bonds is 11. The van der Waals surface area contributed by atoms with Gasteiger partial charge in [0.25, 0.3) is 0 Å². The van der Waals surface area contributed by atoms with Crippen molar-refractivity contribution in [2.75, 3.05) is 19.6 Å². The van der Waals surface area contributed by atoms with Crippen LogP contribution in [0.25, 0.3) is 0 Å². The summed E-state index contributed by atoms with van der Waals surface area (Å²) in [6.07, 6.45) is 11.0. The summed E-state index contributed by atoms with van der Waals surface area (Å²) in [7, 11) is 0. The first-order valence-electron chi connectivity index (χ1n) is 9.14. The zero-order valence-electron chi connectivity index (χ0n) is 14.5. The molecular weight excluding hydrogens is 244 g/mol. The Labute approximate surface area is 127 Å². The molecule has 2 nitrogen and oxygen atoms in total. The summed E-state index contributed by atoms with van der Waals surface area (Å²) in [5.74, 6) is 0.826. The molecule has 0 amide bonds. The number of hydrogen-bond acceptors (Lipinski definition) is 2. The molecule has 0 spiro atoms. The van der Waals surface area contributed by atoms with Gasteiger partial charge < -0.3 is 5.32 Å². The largest absolute Gasteiger partial charge is 0.313 e. The van der Waals surface area contributed by atoms with Crippen LogP contribution >= 0.6 is 0 Å². The molecule has 1 N–H and O–H groups in total. The standard InChI is InChI=1S/C18H38N2/c1-5-9-17(19-13-6-2)15-20(14-12-16(3)4)18-10-7-8-11-18/h16-19H,5-15H2,1-4H3. The van der Waals surface area contributed by atoms with Crippen LogP contribution in [0.3, 0.4) is 0 Å². The Morgan fingerprint density at radius 2 is 1.75 bits per heavy atom. The molecule has 0 radical (unpaired) electrons. The second kappa shape index (κ2) is 10.6. The van der Waals surface area contributed by atoms with E-state index in [1.807, 2.05) is 0 Å². The fraction of sp³-hybridized carbons (Fsp3) is 1.00. The van der Waals surface area contributed by atoms with Crippen LogP contribution in [0.2, 0.25) is 0 Å². The van der Waals surface area contributed by atoms with Gasteiger partial charge in [-0.2, -0.15) is 0 Å². The Balaban J connectivity index is 2.49. The van der Waals surface area contributed by atoms with Crippen LogP contribution in [0.4, 0.5) is 0 Å². The highest BCUT2D eigenvalue weighted by atomic mass is 15.2. The highest BCUT2D eigenvalue weighted by molar-refractivity contribution is 4.81. The highest BCUT2D eigenvalue weighted by Gasteiger charge is 2.24. The van der Waals surface area contributed by atoms with Crippen molar-refractivity contribution in [3.05, 3.63) is 0 Å². The molecule has 0 aromatic carbocycles. The molecule has 2 heteroatoms. The van der Waals surface area contributed by atoms with Crippen molar-refractivity contribution >= 4 is 0 Å². The molecule has 0 aliphatic heterocycles. The third-order valence-electron chi connectivity index (χ3n) is 4.61. The Kier molecular flexibility index (Phi) is 9.54. The molecular formula is C18H38N2. The van der Waals surface area contributed by atoms with Gasteiger partial charge in [0.2, 0.25) is 0 Å². The monoisotopic (exact) mass is 282 g/mol. The van der Waals surface area contributed by atoms with Crippen LogP contribution < -0.4 is 5.32 Å². The number of hydrogen-bond donors (Lipinski definition) is 1. The first kappa shape index (κ1) is 18.0. The molecule has 0 bridgehead atoms. The summed E-state index contributed by atoms with van der Waals surface area (Å²) in [5, 5.41) is 3.77. The maximum atomic E-state index is 3.77. The predicted molar refractivity (Wildman–Crippen MR) is 90.3 cm³/mol. The Morgan fingerprint density at radius 3 is 2.30 bits per heavy atom. The van der Waals surface area contributed by atoms with E-state index in [0.29, 0.717) is 6.04 Å². The number of nitrogens with zero attached hydrogens (tertiary/aromatic N) is 1. The zero-order valence-corrected chi connectivity index (χ0v) is 14.5. The molecule has 0 saturated heterocycles. The van der Waals surface area contributed by atoms with Crippen molar-refractivity contribution in [2.24, 2.45) is 5.92 Å². The van der Waals surface area contributed by atoms with E-state index in [9.17, 15) is 0 Å². The van der Waals surface area contributed by atoms with E-state index >= 15 is 0 Å². The lowest BCUT2D eigenvalue weighted by Crippen LogP contribution is -2.45. The maximum Gasteiger partial charge on any atom is 0.0195 e. The normalized spacial score (nSPS) is 18.3. The van der Waals surface area contributed by atoms with Gasteiger partial charge in [0.1, 0.15) is 0 Å². The van der Waals surface area contributed by atoms with Gasteiger partial charge in [0, 0.05) is 18.6 Å². The third-order valence-corrected chi connectivity index (χ3v) is 4.61. The topological polar surface area (TPSA) is 15.3 Å². The van der Waals surface area contributed by atoms with E-state index < -0.39 is 0 Å². The minimum atomic E-state index is 0.702. The van der Waals surface area contributed by atoms with Crippen molar-refractivity contribution in [3.63, 3.8) is 0 Å². The average Bonchev–Trinajstić information content (AvgIpc) is 2.94. The molecule has 1 aliphatic rings. The second-order valence-corrected chi connectivity index (χ2v) is 7.06. The molecule has 1 unspecified atom stereocenters. The van der Waals surface area contributed by atoms with Gasteiger partial charge in [-0.1, -0.05) is 47.0 Å². The molecule has 1 fully saturated rings. The summed E-state index contributed by atoms with van der Waals surface area (Å²) in [4.78, 5) is 2.82. The van der Waals surface area contributed by atoms with E-state index in [4.69, 9.17) is 0 Å². The van der Waals surface area contributed by atoms with Crippen molar-refractivity contribution in [3.8, 4) is 0 Å². The van der Waals surface area contributed by atoms with E-state index in [2.05, 4.69) is 37.9 Å². The van der Waals surface area contributed by atoms with E-state index in [1.54, 1.807) is 0 Å². The SMILES string of the molecule is CCCNC(CCC)CN(CCC(C)C)C1CCCC1. The second-order valence-electron chi connectivity index (χ2n) is 7.06. The van der Waals surface area contributed by atoms with Gasteiger partial charge in [-0.25, -0.2) is 0 Å². The molecule has 1 rings (SSSR count). The lowest BCUT2D eigenvalue weighted by molar-refractivity contribution is 0.165. The lowest BCUT2D eigenvalue weighted by atomic mass is 10.1. The molecule has 0 aromatic heterocycles. The minimum Gasteiger partial charge on any atom is -0.313 e. The predicted octanol–water partition coefficient (Wildman–Crippen LogP) is 4.45. The van der Waals surface area contributed by atoms with Gasteiger partial charge in [-0.3, -0.25) is 4.90 Å². The summed E-state index contributed by atoms with van der Waals surface area (Å²) < 4.78 is 0. The maximum absolute atomic E-state index is 3.77. The van der Waals surface area contributed by atoms with Crippen molar-refractivity contribution in [1.29, 1.82) is 0 Å². The fourth-order valence-corrected chi connectivity index (χ4v) is 3.35. The average molecular weight is 283 g/mol. The Bertz CT molecular complexity index is 221. The smallest absolute Gasteiger partial charge is 0.0195 e. The van der Waals surface area contributed by atoms with Crippen molar-refractivity contribution < 1.29 is 0 Å². The fourth-order valence-electron chi connectivity index (χ4n) is 3.35. The molecule has 1 saturated carbocycles. The summed E-state index contributed by atoms with van der Waals surface area (Å²) in [6.45, 7) is 13.0. The van der Waals surface area contributed by atoms with Crippen LogP contribution in [0.5, 0.6) is 0 Å². The Morgan fingerprint density at radius 1 is 1.05 bits per heavy atom. The van der Waals surface area contributed by atoms with Crippen LogP contribution in [0.15, 0.2) is 0 Å². The van der Waals surface area contributed by atoms with Gasteiger partial charge >= 0.3 is 0 Å². The van der Waals surface area contributed by atoms with Gasteiger partial charge in [0.15, 0.2) is 0 Å². The van der Waals surface area contributed by atoms with Crippen LogP contribution in [-0.4, -0.2) is 36.6 Å². The third kappa shape index (κ3) is 7.08. The summed E-state index contributed by atoms with van der Waals surface area (Å²) >= 11 is 0. The summed E-state index contributed by atoms with van der Waals surface area (Å²) in [5.41, 5.74) is 0. The molecule has 1 atom stereocenters. The Hall–Kier alpha value is -0.0800. The molecule has 120 valence electrons.